The zero-order chi connectivity index (χ0) is 18.0. The van der Waals surface area contributed by atoms with Crippen LogP contribution in [0.4, 0.5) is 13.2 Å². The molecule has 2 aliphatic rings. The van der Waals surface area contributed by atoms with Crippen molar-refractivity contribution in [3.8, 4) is 0 Å². The molecule has 2 fully saturated rings. The molecule has 0 radical (unpaired) electrons. The van der Waals surface area contributed by atoms with E-state index in [1.807, 2.05) is 11.9 Å². The van der Waals surface area contributed by atoms with E-state index in [1.54, 1.807) is 6.07 Å². The maximum atomic E-state index is 12.8. The fourth-order valence-electron chi connectivity index (χ4n) is 3.70. The van der Waals surface area contributed by atoms with Gasteiger partial charge in [-0.1, -0.05) is 24.6 Å². The minimum absolute atomic E-state index is 0.236. The van der Waals surface area contributed by atoms with Gasteiger partial charge in [0, 0.05) is 31.6 Å². The zero-order valence-electron chi connectivity index (χ0n) is 14.6. The molecular formula is C19H25F3N2O. The molecule has 0 aromatic heterocycles. The van der Waals surface area contributed by atoms with Crippen molar-refractivity contribution in [2.45, 2.75) is 50.9 Å². The Balaban J connectivity index is 1.52. The predicted octanol–water partition coefficient (Wildman–Crippen LogP) is 3.93. The van der Waals surface area contributed by atoms with E-state index < -0.39 is 11.7 Å². The van der Waals surface area contributed by atoms with E-state index >= 15 is 0 Å². The van der Waals surface area contributed by atoms with Gasteiger partial charge >= 0.3 is 6.18 Å². The van der Waals surface area contributed by atoms with Crippen molar-refractivity contribution in [1.29, 1.82) is 0 Å². The Hall–Kier alpha value is -1.56. The van der Waals surface area contributed by atoms with E-state index in [0.29, 0.717) is 24.1 Å². The highest BCUT2D eigenvalue weighted by atomic mass is 19.4. The third-order valence-electron chi connectivity index (χ3n) is 5.54. The second kappa shape index (κ2) is 7.36. The lowest BCUT2D eigenvalue weighted by molar-refractivity contribution is -0.139. The molecule has 1 aromatic carbocycles. The number of rotatable bonds is 4. The molecule has 0 unspecified atom stereocenters. The van der Waals surface area contributed by atoms with Gasteiger partial charge in [-0.2, -0.15) is 13.2 Å². The minimum Gasteiger partial charge on any atom is -0.342 e. The molecule has 1 amide bonds. The summed E-state index contributed by atoms with van der Waals surface area (Å²) in [6.45, 7) is 2.00. The number of alkyl halides is 3. The van der Waals surface area contributed by atoms with Crippen LogP contribution in [0.1, 0.15) is 43.2 Å². The lowest BCUT2D eigenvalue weighted by Crippen LogP contribution is -2.48. The third kappa shape index (κ3) is 4.35. The summed E-state index contributed by atoms with van der Waals surface area (Å²) in [7, 11) is 1.95. The number of hydrogen-bond acceptors (Lipinski definition) is 2. The van der Waals surface area contributed by atoms with Crippen molar-refractivity contribution >= 4 is 5.91 Å². The normalized spacial score (nSPS) is 20.0. The minimum atomic E-state index is -4.30. The van der Waals surface area contributed by atoms with E-state index in [0.717, 1.165) is 51.3 Å². The first-order valence-corrected chi connectivity index (χ1v) is 9.00. The molecule has 1 aromatic rings. The molecule has 0 N–H and O–H groups in total. The monoisotopic (exact) mass is 354 g/mol. The second-order valence-corrected chi connectivity index (χ2v) is 7.30. The maximum absolute atomic E-state index is 12.8. The molecule has 1 aliphatic heterocycles. The number of carbonyl (C=O) groups excluding carboxylic acids is 1. The molecule has 1 saturated carbocycles. The summed E-state index contributed by atoms with van der Waals surface area (Å²) in [4.78, 5) is 16.4. The van der Waals surface area contributed by atoms with Crippen LogP contribution in [0.2, 0.25) is 0 Å². The largest absolute Gasteiger partial charge is 0.416 e. The fourth-order valence-corrected chi connectivity index (χ4v) is 3.70. The predicted molar refractivity (Wildman–Crippen MR) is 89.9 cm³/mol. The first kappa shape index (κ1) is 18.2. The first-order valence-electron chi connectivity index (χ1n) is 9.00. The Labute approximate surface area is 146 Å². The molecule has 138 valence electrons. The van der Waals surface area contributed by atoms with Crippen LogP contribution in [0.15, 0.2) is 24.3 Å². The van der Waals surface area contributed by atoms with E-state index in [9.17, 15) is 18.0 Å². The van der Waals surface area contributed by atoms with Crippen molar-refractivity contribution in [2.24, 2.45) is 5.92 Å². The molecule has 6 heteroatoms. The van der Waals surface area contributed by atoms with Gasteiger partial charge in [0.15, 0.2) is 0 Å². The van der Waals surface area contributed by atoms with Crippen LogP contribution < -0.4 is 0 Å². The Bertz CT molecular complexity index is 605. The fraction of sp³-hybridized carbons (Fsp3) is 0.632. The maximum Gasteiger partial charge on any atom is 0.416 e. The molecule has 0 spiro atoms. The standard InChI is InChI=1S/C19H25F3N2O/c1-23(13-14-4-2-7-16(12-14)19(20,21)22)17-8-10-24(11-9-17)18(25)15-5-3-6-15/h2,4,7,12,15,17H,3,5-6,8-11,13H2,1H3. The molecule has 1 heterocycles. The number of carbonyl (C=O) groups is 1. The van der Waals surface area contributed by atoms with Gasteiger partial charge in [-0.15, -0.1) is 0 Å². The number of halogens is 3. The Morgan fingerprint density at radius 2 is 1.88 bits per heavy atom. The van der Waals surface area contributed by atoms with Crippen LogP contribution in [0.5, 0.6) is 0 Å². The Morgan fingerprint density at radius 3 is 2.44 bits per heavy atom. The Morgan fingerprint density at radius 1 is 1.20 bits per heavy atom. The van der Waals surface area contributed by atoms with Gasteiger partial charge in [0.1, 0.15) is 0 Å². The molecule has 3 rings (SSSR count). The van der Waals surface area contributed by atoms with Crippen molar-refractivity contribution in [3.63, 3.8) is 0 Å². The molecule has 25 heavy (non-hydrogen) atoms. The zero-order valence-corrected chi connectivity index (χ0v) is 14.6. The van der Waals surface area contributed by atoms with E-state index in [-0.39, 0.29) is 5.92 Å². The summed E-state index contributed by atoms with van der Waals surface area (Å²) < 4.78 is 38.5. The van der Waals surface area contributed by atoms with Crippen LogP contribution in [0, 0.1) is 5.92 Å². The average molecular weight is 354 g/mol. The molecule has 3 nitrogen and oxygen atoms in total. The van der Waals surface area contributed by atoms with Gasteiger partial charge in [-0.05, 0) is 44.4 Å². The second-order valence-electron chi connectivity index (χ2n) is 7.30. The topological polar surface area (TPSA) is 23.6 Å². The smallest absolute Gasteiger partial charge is 0.342 e. The number of piperidine rings is 1. The highest BCUT2D eigenvalue weighted by Crippen LogP contribution is 2.31. The van der Waals surface area contributed by atoms with Crippen LogP contribution in [0.25, 0.3) is 0 Å². The summed E-state index contributed by atoms with van der Waals surface area (Å²) in [5, 5.41) is 0. The van der Waals surface area contributed by atoms with E-state index in [4.69, 9.17) is 0 Å². The third-order valence-corrected chi connectivity index (χ3v) is 5.54. The van der Waals surface area contributed by atoms with Gasteiger partial charge in [0.2, 0.25) is 5.91 Å². The number of benzene rings is 1. The summed E-state index contributed by atoms with van der Waals surface area (Å²) in [6.07, 6.45) is 0.665. The molecular weight excluding hydrogens is 329 g/mol. The lowest BCUT2D eigenvalue weighted by Gasteiger charge is -2.39. The lowest BCUT2D eigenvalue weighted by atomic mass is 9.84. The van der Waals surface area contributed by atoms with Crippen molar-refractivity contribution < 1.29 is 18.0 Å². The molecule has 1 aliphatic carbocycles. The molecule has 0 atom stereocenters. The summed E-state index contributed by atoms with van der Waals surface area (Å²) >= 11 is 0. The van der Waals surface area contributed by atoms with Gasteiger partial charge < -0.3 is 4.90 Å². The van der Waals surface area contributed by atoms with Gasteiger partial charge in [-0.3, -0.25) is 9.69 Å². The van der Waals surface area contributed by atoms with Crippen LogP contribution in [0.3, 0.4) is 0 Å². The van der Waals surface area contributed by atoms with Gasteiger partial charge in [0.25, 0.3) is 0 Å². The first-order chi connectivity index (χ1) is 11.8. The van der Waals surface area contributed by atoms with Gasteiger partial charge in [-0.25, -0.2) is 0 Å². The summed E-state index contributed by atoms with van der Waals surface area (Å²) in [6, 6.07) is 5.84. The number of nitrogens with zero attached hydrogens (tertiary/aromatic N) is 2. The van der Waals surface area contributed by atoms with E-state index in [1.165, 1.54) is 12.1 Å². The van der Waals surface area contributed by atoms with Crippen LogP contribution in [-0.2, 0) is 17.5 Å². The number of amides is 1. The van der Waals surface area contributed by atoms with Crippen molar-refractivity contribution in [3.05, 3.63) is 35.4 Å². The van der Waals surface area contributed by atoms with E-state index in [2.05, 4.69) is 4.90 Å². The molecule has 1 saturated heterocycles. The summed E-state index contributed by atoms with van der Waals surface area (Å²) in [5.41, 5.74) is 0.0737. The number of likely N-dealkylation sites (tertiary alicyclic amines) is 1. The SMILES string of the molecule is CN(Cc1cccc(C(F)(F)F)c1)C1CCN(C(=O)C2CCC2)CC1. The molecule has 0 bridgehead atoms. The van der Waals surface area contributed by atoms with Gasteiger partial charge in [0.05, 0.1) is 5.56 Å². The number of hydrogen-bond donors (Lipinski definition) is 0. The Kier molecular flexibility index (Phi) is 5.37. The quantitative estimate of drug-likeness (QED) is 0.818. The highest BCUT2D eigenvalue weighted by molar-refractivity contribution is 5.79. The summed E-state index contributed by atoms with van der Waals surface area (Å²) in [5.74, 6) is 0.532. The average Bonchev–Trinajstić information content (AvgIpc) is 2.53. The van der Waals surface area contributed by atoms with Crippen molar-refractivity contribution in [1.82, 2.24) is 9.80 Å². The van der Waals surface area contributed by atoms with Crippen LogP contribution >= 0.6 is 0 Å². The highest BCUT2D eigenvalue weighted by Gasteiger charge is 2.33. The van der Waals surface area contributed by atoms with Crippen LogP contribution in [-0.4, -0.2) is 41.9 Å². The van der Waals surface area contributed by atoms with Crippen molar-refractivity contribution in [2.75, 3.05) is 20.1 Å².